The molecule has 0 amide bonds. The first-order chi connectivity index (χ1) is 0. The summed E-state index contributed by atoms with van der Waals surface area (Å²) in [4.78, 5) is 0. The summed E-state index contributed by atoms with van der Waals surface area (Å²) in [5, 5.41) is 0. The fourth-order valence-electron chi connectivity index (χ4n) is 0. The third-order valence-electron chi connectivity index (χ3n) is 0. The van der Waals surface area contributed by atoms with Crippen LogP contribution >= 0.6 is 0 Å². The molecule has 0 saturated carbocycles. The van der Waals surface area contributed by atoms with Gasteiger partial charge in [0.25, 0.3) is 0 Å². The van der Waals surface area contributed by atoms with Crippen LogP contribution in [-0.4, -0.2) is 54.2 Å². The van der Waals surface area contributed by atoms with Crippen molar-refractivity contribution in [2.75, 3.05) is 0 Å². The van der Waals surface area contributed by atoms with Gasteiger partial charge in [0, 0.05) is 21.7 Å². The number of rotatable bonds is 0. The summed E-state index contributed by atoms with van der Waals surface area (Å²) < 4.78 is 0. The van der Waals surface area contributed by atoms with E-state index in [4.69, 9.17) is 0 Å². The quantitative estimate of drug-likeness (QED) is 0.380. The van der Waals surface area contributed by atoms with Crippen molar-refractivity contribution in [3.05, 3.63) is 0 Å². The van der Waals surface area contributed by atoms with Gasteiger partial charge < -0.3 is 16.4 Å². The molecule has 0 aromatic rings. The van der Waals surface area contributed by atoms with Crippen LogP contribution in [-0.2, 0) is 21.7 Å². The fraction of sp³-hybridized carbons (Fsp3) is 0. The second kappa shape index (κ2) is 40.1. The van der Waals surface area contributed by atoms with Crippen molar-refractivity contribution in [3.8, 4) is 0 Å². The van der Waals surface area contributed by atoms with Crippen molar-refractivity contribution in [1.29, 1.82) is 0 Å². The van der Waals surface area contributed by atoms with Crippen LogP contribution < -0.4 is 0 Å². The molecule has 0 aromatic heterocycles. The van der Waals surface area contributed by atoms with Crippen LogP contribution in [0, 0.1) is 0 Å². The van der Waals surface area contributed by atoms with Crippen LogP contribution in [0.15, 0.2) is 0 Å². The summed E-state index contributed by atoms with van der Waals surface area (Å²) >= 11 is 0. The molecule has 3 nitrogen and oxygen atoms in total. The molecule has 0 atom stereocenters. The molecule has 0 rings (SSSR count). The van der Waals surface area contributed by atoms with Gasteiger partial charge in [-0.05, 0) is 0 Å². The molecule has 4 N–H and O–H groups in total. The van der Waals surface area contributed by atoms with E-state index in [2.05, 4.69) is 0 Å². The Morgan fingerprint density at radius 3 is 0.800 bits per heavy atom. The molecule has 0 aliphatic carbocycles. The summed E-state index contributed by atoms with van der Waals surface area (Å²) in [6, 6.07) is 0. The SMILES string of the molecule is O.[Ca+2].[OH-].[OH-].[Ti]. The second-order valence-corrected chi connectivity index (χ2v) is 0. The predicted octanol–water partition coefficient (Wildman–Crippen LogP) is -1.56. The maximum absolute atomic E-state index is 0. The Hall–Kier alpha value is 1.85. The maximum atomic E-state index is 0. The van der Waals surface area contributed by atoms with E-state index in [0.717, 1.165) is 0 Å². The molecule has 0 heterocycles. The molecular formula is H4CaO3Ti. The Kier molecular flexibility index (Phi) is 548. The number of hydrogen-bond donors (Lipinski definition) is 0. The Morgan fingerprint density at radius 1 is 0.800 bits per heavy atom. The average Bonchev–Trinajstić information content (AvgIpc) is 0. The Balaban J connectivity index is 0. The standard InChI is InChI=1S/Ca.3H2O.Ti/h;3*1H2;/q+2;;;;/p-2. The van der Waals surface area contributed by atoms with Gasteiger partial charge >= 0.3 is 37.7 Å². The minimum absolute atomic E-state index is 0. The summed E-state index contributed by atoms with van der Waals surface area (Å²) in [7, 11) is 0. The Bertz CT molecular complexity index is 6.85. The van der Waals surface area contributed by atoms with Crippen LogP contribution in [0.3, 0.4) is 0 Å². The molecule has 0 spiro atoms. The zero-order valence-electron chi connectivity index (χ0n) is 2.60. The van der Waals surface area contributed by atoms with Gasteiger partial charge in [-0.15, -0.1) is 0 Å². The smallest absolute Gasteiger partial charge is 0.870 e. The van der Waals surface area contributed by atoms with Crippen LogP contribution in [0.4, 0.5) is 0 Å². The third kappa shape index (κ3) is 25.3. The monoisotopic (exact) mass is 140 g/mol. The normalized spacial score (nSPS) is 0. The van der Waals surface area contributed by atoms with E-state index in [1.165, 1.54) is 0 Å². The van der Waals surface area contributed by atoms with Gasteiger partial charge in [0.2, 0.25) is 0 Å². The van der Waals surface area contributed by atoms with Crippen molar-refractivity contribution in [1.82, 2.24) is 0 Å². The largest absolute Gasteiger partial charge is 2.00 e. The molecule has 0 bridgehead atoms. The van der Waals surface area contributed by atoms with Crippen LogP contribution in [0.1, 0.15) is 0 Å². The first-order valence-electron chi connectivity index (χ1n) is 0. The molecule has 0 fully saturated rings. The average molecular weight is 140 g/mol. The van der Waals surface area contributed by atoms with Crippen LogP contribution in [0.2, 0.25) is 0 Å². The van der Waals surface area contributed by atoms with Gasteiger partial charge in [0.15, 0.2) is 0 Å². The molecule has 0 radical (unpaired) electrons. The van der Waals surface area contributed by atoms with Gasteiger partial charge in [-0.2, -0.15) is 0 Å². The third-order valence-corrected chi connectivity index (χ3v) is 0. The van der Waals surface area contributed by atoms with E-state index >= 15 is 0 Å². The molecule has 5 heavy (non-hydrogen) atoms. The first-order valence-corrected chi connectivity index (χ1v) is 0. The molecule has 0 saturated heterocycles. The van der Waals surface area contributed by atoms with Gasteiger partial charge in [-0.1, -0.05) is 0 Å². The predicted molar refractivity (Wildman–Crippen MR) is 13.2 cm³/mol. The Morgan fingerprint density at radius 2 is 0.800 bits per heavy atom. The molecule has 5 heteroatoms. The fourth-order valence-corrected chi connectivity index (χ4v) is 0. The zero-order valence-corrected chi connectivity index (χ0v) is 6.37. The van der Waals surface area contributed by atoms with E-state index < -0.39 is 0 Å². The summed E-state index contributed by atoms with van der Waals surface area (Å²) in [5.41, 5.74) is 0. The van der Waals surface area contributed by atoms with E-state index in [1.54, 1.807) is 0 Å². The van der Waals surface area contributed by atoms with Crippen LogP contribution in [0.25, 0.3) is 0 Å². The summed E-state index contributed by atoms with van der Waals surface area (Å²) in [6.45, 7) is 0. The minimum atomic E-state index is 0. The van der Waals surface area contributed by atoms with E-state index in [1.807, 2.05) is 0 Å². The van der Waals surface area contributed by atoms with Gasteiger partial charge in [0.1, 0.15) is 0 Å². The maximum Gasteiger partial charge on any atom is 2.00 e. The van der Waals surface area contributed by atoms with Crippen molar-refractivity contribution < 1.29 is 38.1 Å². The molecule has 0 unspecified atom stereocenters. The number of hydrogen-bond acceptors (Lipinski definition) is 2. The molecular weight excluding hydrogens is 136 g/mol. The van der Waals surface area contributed by atoms with Crippen molar-refractivity contribution >= 4 is 37.7 Å². The molecule has 0 aliphatic rings. The van der Waals surface area contributed by atoms with Crippen molar-refractivity contribution in [2.45, 2.75) is 0 Å². The molecule has 0 aliphatic heterocycles. The van der Waals surface area contributed by atoms with E-state index in [-0.39, 0.29) is 75.9 Å². The summed E-state index contributed by atoms with van der Waals surface area (Å²) in [5.74, 6) is 0. The first kappa shape index (κ1) is 68.3. The molecule has 0 aromatic carbocycles. The van der Waals surface area contributed by atoms with Crippen molar-refractivity contribution in [3.63, 3.8) is 0 Å². The van der Waals surface area contributed by atoms with E-state index in [0.29, 0.717) is 0 Å². The van der Waals surface area contributed by atoms with Crippen molar-refractivity contribution in [2.24, 2.45) is 0 Å². The molecule has 28 valence electrons. The van der Waals surface area contributed by atoms with E-state index in [9.17, 15) is 0 Å². The zero-order chi connectivity index (χ0) is 0. The van der Waals surface area contributed by atoms with Crippen LogP contribution in [0.5, 0.6) is 0 Å². The van der Waals surface area contributed by atoms with Gasteiger partial charge in [-0.3, -0.25) is 0 Å². The second-order valence-electron chi connectivity index (χ2n) is 0. The Labute approximate surface area is 74.9 Å². The van der Waals surface area contributed by atoms with Gasteiger partial charge in [-0.25, -0.2) is 0 Å². The summed E-state index contributed by atoms with van der Waals surface area (Å²) in [6.07, 6.45) is 0. The van der Waals surface area contributed by atoms with Gasteiger partial charge in [0.05, 0.1) is 0 Å². The minimum Gasteiger partial charge on any atom is -0.870 e. The topological polar surface area (TPSA) is 91.5 Å².